The van der Waals surface area contributed by atoms with Crippen LogP contribution in [-0.2, 0) is 9.53 Å². The number of halogens is 9. The number of carbonyl (C=O) groups is 1. The SMILES string of the molecule is C=C(C(=O)OCCCC)C(F)(F)C(F)(F)C(F)(F)C(F)(F)C(C)F. The summed E-state index contributed by atoms with van der Waals surface area (Å²) in [6, 6.07) is 0. The standard InChI is InChI=1S/C13H15F9O2/c1-4-5-6-24-9(23)7(2)10(15,16)12(19,20)13(21,22)11(17,18)8(3)14/h8H,2,4-6H2,1,3H3. The zero-order chi connectivity index (χ0) is 19.6. The number of rotatable bonds is 9. The molecule has 0 aromatic rings. The van der Waals surface area contributed by atoms with Crippen LogP contribution in [0.4, 0.5) is 39.5 Å². The molecule has 0 N–H and O–H groups in total. The smallest absolute Gasteiger partial charge is 0.382 e. The molecule has 0 aromatic carbocycles. The third-order valence-electron chi connectivity index (χ3n) is 3.06. The summed E-state index contributed by atoms with van der Waals surface area (Å²) in [6.07, 6.45) is -3.29. The second-order valence-corrected chi connectivity index (χ2v) is 4.93. The van der Waals surface area contributed by atoms with Crippen molar-refractivity contribution in [2.24, 2.45) is 0 Å². The summed E-state index contributed by atoms with van der Waals surface area (Å²) in [7, 11) is 0. The number of hydrogen-bond donors (Lipinski definition) is 0. The average molecular weight is 374 g/mol. The van der Waals surface area contributed by atoms with Gasteiger partial charge in [-0.1, -0.05) is 19.9 Å². The number of unbranched alkanes of at least 4 members (excludes halogenated alkanes) is 1. The van der Waals surface area contributed by atoms with E-state index >= 15 is 0 Å². The predicted octanol–water partition coefficient (Wildman–Crippen LogP) is 4.79. The second-order valence-electron chi connectivity index (χ2n) is 4.93. The maximum absolute atomic E-state index is 13.6. The molecule has 0 heterocycles. The van der Waals surface area contributed by atoms with Crippen molar-refractivity contribution in [2.75, 3.05) is 6.61 Å². The summed E-state index contributed by atoms with van der Waals surface area (Å²) in [5.41, 5.74) is -2.44. The molecule has 1 atom stereocenters. The minimum atomic E-state index is -6.80. The van der Waals surface area contributed by atoms with Gasteiger partial charge in [-0.15, -0.1) is 0 Å². The van der Waals surface area contributed by atoms with E-state index in [2.05, 4.69) is 11.3 Å². The highest BCUT2D eigenvalue weighted by Gasteiger charge is 2.82. The summed E-state index contributed by atoms with van der Waals surface area (Å²) >= 11 is 0. The quantitative estimate of drug-likeness (QED) is 0.251. The molecule has 2 nitrogen and oxygen atoms in total. The Hall–Kier alpha value is -1.42. The summed E-state index contributed by atoms with van der Waals surface area (Å²) < 4.78 is 123. The van der Waals surface area contributed by atoms with E-state index in [1.807, 2.05) is 0 Å². The van der Waals surface area contributed by atoms with Gasteiger partial charge in [0.15, 0.2) is 6.17 Å². The van der Waals surface area contributed by atoms with E-state index < -0.39 is 48.0 Å². The highest BCUT2D eigenvalue weighted by atomic mass is 19.4. The van der Waals surface area contributed by atoms with E-state index in [-0.39, 0.29) is 13.3 Å². The first-order valence-electron chi connectivity index (χ1n) is 6.60. The molecule has 24 heavy (non-hydrogen) atoms. The van der Waals surface area contributed by atoms with Crippen LogP contribution in [0.3, 0.4) is 0 Å². The fraction of sp³-hybridized carbons (Fsp3) is 0.769. The minimum Gasteiger partial charge on any atom is -0.462 e. The van der Waals surface area contributed by atoms with Gasteiger partial charge in [-0.05, 0) is 13.3 Å². The van der Waals surface area contributed by atoms with E-state index in [4.69, 9.17) is 0 Å². The van der Waals surface area contributed by atoms with Crippen molar-refractivity contribution in [2.45, 2.75) is 56.6 Å². The van der Waals surface area contributed by atoms with Crippen molar-refractivity contribution in [3.05, 3.63) is 12.2 Å². The molecule has 142 valence electrons. The summed E-state index contributed by atoms with van der Waals surface area (Å²) in [6.45, 7) is 3.14. The lowest BCUT2D eigenvalue weighted by molar-refractivity contribution is -0.366. The number of ether oxygens (including phenoxy) is 1. The fourth-order valence-corrected chi connectivity index (χ4v) is 1.37. The zero-order valence-electron chi connectivity index (χ0n) is 12.6. The molecule has 0 bridgehead atoms. The molecule has 0 saturated carbocycles. The van der Waals surface area contributed by atoms with Gasteiger partial charge in [0.2, 0.25) is 0 Å². The Morgan fingerprint density at radius 3 is 1.88 bits per heavy atom. The first kappa shape index (κ1) is 22.6. The van der Waals surface area contributed by atoms with Gasteiger partial charge in [-0.25, -0.2) is 9.18 Å². The Bertz CT molecular complexity index is 472. The van der Waals surface area contributed by atoms with Gasteiger partial charge in [0.05, 0.1) is 6.61 Å². The molecule has 11 heteroatoms. The number of esters is 1. The molecule has 0 rings (SSSR count). The second kappa shape index (κ2) is 7.22. The van der Waals surface area contributed by atoms with Crippen LogP contribution in [-0.4, -0.2) is 42.4 Å². The van der Waals surface area contributed by atoms with Crippen LogP contribution in [0.25, 0.3) is 0 Å². The summed E-state index contributed by atoms with van der Waals surface area (Å²) in [5, 5.41) is 0. The van der Waals surface area contributed by atoms with Gasteiger partial charge < -0.3 is 4.74 Å². The van der Waals surface area contributed by atoms with Crippen molar-refractivity contribution in [1.29, 1.82) is 0 Å². The average Bonchev–Trinajstić information content (AvgIpc) is 2.45. The van der Waals surface area contributed by atoms with Gasteiger partial charge in [0.25, 0.3) is 0 Å². The molecule has 0 aliphatic carbocycles. The predicted molar refractivity (Wildman–Crippen MR) is 65.4 cm³/mol. The van der Waals surface area contributed by atoms with Crippen LogP contribution in [0.1, 0.15) is 26.7 Å². The van der Waals surface area contributed by atoms with Gasteiger partial charge >= 0.3 is 29.7 Å². The molecule has 0 spiro atoms. The monoisotopic (exact) mass is 374 g/mol. The lowest BCUT2D eigenvalue weighted by atomic mass is 9.92. The first-order chi connectivity index (χ1) is 10.6. The lowest BCUT2D eigenvalue weighted by Gasteiger charge is -2.37. The zero-order valence-corrected chi connectivity index (χ0v) is 12.6. The molecule has 0 amide bonds. The Balaban J connectivity index is 5.66. The summed E-state index contributed by atoms with van der Waals surface area (Å²) in [5.74, 6) is -28.0. The highest BCUT2D eigenvalue weighted by molar-refractivity contribution is 5.90. The first-order valence-corrected chi connectivity index (χ1v) is 6.60. The fourth-order valence-electron chi connectivity index (χ4n) is 1.37. The van der Waals surface area contributed by atoms with Crippen molar-refractivity contribution in [1.82, 2.24) is 0 Å². The van der Waals surface area contributed by atoms with Crippen LogP contribution in [0.5, 0.6) is 0 Å². The molecule has 0 saturated heterocycles. The van der Waals surface area contributed by atoms with Crippen LogP contribution >= 0.6 is 0 Å². The van der Waals surface area contributed by atoms with E-state index in [1.165, 1.54) is 0 Å². The lowest BCUT2D eigenvalue weighted by Crippen LogP contribution is -2.65. The van der Waals surface area contributed by atoms with Crippen molar-refractivity contribution in [3.63, 3.8) is 0 Å². The normalized spacial score (nSPS) is 15.1. The van der Waals surface area contributed by atoms with Crippen molar-refractivity contribution in [3.8, 4) is 0 Å². The van der Waals surface area contributed by atoms with Crippen molar-refractivity contribution < 1.29 is 49.0 Å². The molecular weight excluding hydrogens is 359 g/mol. The maximum Gasteiger partial charge on any atom is 0.382 e. The third-order valence-corrected chi connectivity index (χ3v) is 3.06. The van der Waals surface area contributed by atoms with E-state index in [9.17, 15) is 44.3 Å². The molecular formula is C13H15F9O2. The van der Waals surface area contributed by atoms with Crippen LogP contribution < -0.4 is 0 Å². The molecule has 0 aromatic heterocycles. The number of hydrogen-bond acceptors (Lipinski definition) is 2. The molecule has 0 aliphatic rings. The van der Waals surface area contributed by atoms with Crippen LogP contribution in [0.2, 0.25) is 0 Å². The topological polar surface area (TPSA) is 26.3 Å². The maximum atomic E-state index is 13.6. The molecule has 0 aliphatic heterocycles. The van der Waals surface area contributed by atoms with Gasteiger partial charge in [0, 0.05) is 0 Å². The Morgan fingerprint density at radius 1 is 1.04 bits per heavy atom. The Labute approximate surface area is 131 Å². The largest absolute Gasteiger partial charge is 0.462 e. The molecule has 0 fully saturated rings. The number of carbonyl (C=O) groups excluding carboxylic acids is 1. The Kier molecular flexibility index (Phi) is 6.79. The van der Waals surface area contributed by atoms with Crippen molar-refractivity contribution >= 4 is 5.97 Å². The van der Waals surface area contributed by atoms with E-state index in [1.54, 1.807) is 6.92 Å². The van der Waals surface area contributed by atoms with Gasteiger partial charge in [-0.3, -0.25) is 0 Å². The minimum absolute atomic E-state index is 0.147. The molecule has 1 unspecified atom stereocenters. The van der Waals surface area contributed by atoms with Gasteiger partial charge in [0.1, 0.15) is 5.57 Å². The van der Waals surface area contributed by atoms with Crippen LogP contribution in [0.15, 0.2) is 12.2 Å². The van der Waals surface area contributed by atoms with Gasteiger partial charge in [-0.2, -0.15) is 35.1 Å². The highest BCUT2D eigenvalue weighted by Crippen LogP contribution is 2.55. The number of alkyl halides is 9. The summed E-state index contributed by atoms with van der Waals surface area (Å²) in [4.78, 5) is 11.2. The third kappa shape index (κ3) is 3.64. The van der Waals surface area contributed by atoms with E-state index in [0.29, 0.717) is 6.42 Å². The Morgan fingerprint density at radius 2 is 1.50 bits per heavy atom. The molecule has 0 radical (unpaired) electrons. The van der Waals surface area contributed by atoms with Crippen LogP contribution in [0, 0.1) is 0 Å². The van der Waals surface area contributed by atoms with E-state index in [0.717, 1.165) is 0 Å².